The third kappa shape index (κ3) is 3.88. The molecule has 0 aliphatic heterocycles. The molecule has 1 amide bonds. The quantitative estimate of drug-likeness (QED) is 0.525. The van der Waals surface area contributed by atoms with Gasteiger partial charge in [-0.2, -0.15) is 0 Å². The van der Waals surface area contributed by atoms with Crippen LogP contribution in [0.15, 0.2) is 24.4 Å². The fraction of sp³-hybridized carbons (Fsp3) is 0.538. The van der Waals surface area contributed by atoms with Crippen molar-refractivity contribution < 1.29 is 21.9 Å². The Kier molecular flexibility index (Phi) is 5.92. The van der Waals surface area contributed by atoms with Gasteiger partial charge in [-0.3, -0.25) is 4.79 Å². The third-order valence-electron chi connectivity index (χ3n) is 3.27. The molecule has 2 N–H and O–H groups in total. The average Bonchev–Trinajstić information content (AvgIpc) is 2.38. The number of nitrogens with one attached hydrogen (secondary N) is 2. The SMILES string of the molecule is CC(=O)NN[n+]1ccccc1C1CCCCC1.[Cl-]. The Bertz CT molecular complexity index is 392. The van der Waals surface area contributed by atoms with Gasteiger partial charge in [-0.05, 0) is 18.9 Å². The van der Waals surface area contributed by atoms with Crippen molar-refractivity contribution in [3.63, 3.8) is 0 Å². The molecule has 0 saturated heterocycles. The van der Waals surface area contributed by atoms with Crippen LogP contribution >= 0.6 is 0 Å². The van der Waals surface area contributed by atoms with E-state index in [-0.39, 0.29) is 18.3 Å². The van der Waals surface area contributed by atoms with Gasteiger partial charge in [0.25, 0.3) is 0 Å². The first kappa shape index (κ1) is 14.8. The second-order valence-electron chi connectivity index (χ2n) is 4.62. The summed E-state index contributed by atoms with van der Waals surface area (Å²) in [6, 6.07) is 6.14. The van der Waals surface area contributed by atoms with E-state index in [9.17, 15) is 4.79 Å². The minimum absolute atomic E-state index is 0. The monoisotopic (exact) mass is 269 g/mol. The van der Waals surface area contributed by atoms with Crippen molar-refractivity contribution in [3.05, 3.63) is 30.1 Å². The van der Waals surface area contributed by atoms with Crippen LogP contribution in [0.1, 0.15) is 50.6 Å². The average molecular weight is 270 g/mol. The smallest absolute Gasteiger partial charge is 0.239 e. The maximum atomic E-state index is 10.9. The van der Waals surface area contributed by atoms with Gasteiger partial charge in [0.05, 0.1) is 0 Å². The van der Waals surface area contributed by atoms with Crippen LogP contribution in [0, 0.1) is 0 Å². The molecule has 18 heavy (non-hydrogen) atoms. The van der Waals surface area contributed by atoms with E-state index in [4.69, 9.17) is 0 Å². The first-order valence-electron chi connectivity index (χ1n) is 6.30. The van der Waals surface area contributed by atoms with Crippen LogP contribution in [0.2, 0.25) is 0 Å². The van der Waals surface area contributed by atoms with Crippen LogP contribution in [-0.2, 0) is 4.79 Å². The lowest BCUT2D eigenvalue weighted by molar-refractivity contribution is -0.663. The molecule has 1 aliphatic carbocycles. The van der Waals surface area contributed by atoms with Crippen molar-refractivity contribution >= 4 is 5.91 Å². The molecule has 4 nitrogen and oxygen atoms in total. The molecule has 5 heteroatoms. The van der Waals surface area contributed by atoms with Gasteiger partial charge in [0.1, 0.15) is 0 Å². The molecule has 0 bridgehead atoms. The van der Waals surface area contributed by atoms with E-state index in [1.807, 2.05) is 16.9 Å². The first-order valence-corrected chi connectivity index (χ1v) is 6.30. The standard InChI is InChI=1S/C13H19N3O.ClH/c1-11(17)14-15-16-10-6-5-9-13(16)12-7-3-2-4-8-12;/h5-6,9-10,12,15H,2-4,7-8H2,1H3;1H. The van der Waals surface area contributed by atoms with E-state index in [2.05, 4.69) is 23.1 Å². The van der Waals surface area contributed by atoms with Gasteiger partial charge < -0.3 is 12.4 Å². The van der Waals surface area contributed by atoms with Gasteiger partial charge in [0.15, 0.2) is 0 Å². The highest BCUT2D eigenvalue weighted by Gasteiger charge is 2.24. The Labute approximate surface area is 114 Å². The molecule has 0 atom stereocenters. The summed E-state index contributed by atoms with van der Waals surface area (Å²) >= 11 is 0. The number of pyridine rings is 1. The fourth-order valence-electron chi connectivity index (χ4n) is 2.43. The summed E-state index contributed by atoms with van der Waals surface area (Å²) < 4.78 is 1.91. The summed E-state index contributed by atoms with van der Waals surface area (Å²) in [7, 11) is 0. The molecule has 1 fully saturated rings. The summed E-state index contributed by atoms with van der Waals surface area (Å²) in [5.74, 6) is 0.516. The molecule has 100 valence electrons. The summed E-state index contributed by atoms with van der Waals surface area (Å²) in [6.07, 6.45) is 8.39. The van der Waals surface area contributed by atoms with Crippen molar-refractivity contribution in [3.8, 4) is 0 Å². The Hall–Kier alpha value is -1.29. The lowest BCUT2D eigenvalue weighted by Crippen LogP contribution is -3.00. The van der Waals surface area contributed by atoms with Crippen LogP contribution in [0.4, 0.5) is 0 Å². The van der Waals surface area contributed by atoms with E-state index in [1.165, 1.54) is 44.7 Å². The highest BCUT2D eigenvalue weighted by Crippen LogP contribution is 2.30. The number of rotatable bonds is 3. The van der Waals surface area contributed by atoms with Crippen molar-refractivity contribution in [2.75, 3.05) is 5.53 Å². The second kappa shape index (κ2) is 7.21. The van der Waals surface area contributed by atoms with Gasteiger partial charge in [-0.15, -0.1) is 0 Å². The summed E-state index contributed by atoms with van der Waals surface area (Å²) in [6.45, 7) is 1.50. The summed E-state index contributed by atoms with van der Waals surface area (Å²) in [4.78, 5) is 10.9. The molecule has 1 heterocycles. The molecule has 1 aliphatic rings. The largest absolute Gasteiger partial charge is 1.00 e. The Morgan fingerprint density at radius 2 is 2.00 bits per heavy atom. The molecule has 1 saturated carbocycles. The zero-order valence-corrected chi connectivity index (χ0v) is 11.4. The zero-order valence-electron chi connectivity index (χ0n) is 10.7. The number of aromatic nitrogens is 1. The van der Waals surface area contributed by atoms with Crippen molar-refractivity contribution in [2.24, 2.45) is 0 Å². The first-order chi connectivity index (χ1) is 8.27. The van der Waals surface area contributed by atoms with Crippen LogP contribution in [-0.4, -0.2) is 5.91 Å². The number of amides is 1. The number of hydrogen-bond donors (Lipinski definition) is 2. The van der Waals surface area contributed by atoms with E-state index < -0.39 is 0 Å². The van der Waals surface area contributed by atoms with E-state index in [0.717, 1.165) is 0 Å². The molecule has 2 rings (SSSR count). The van der Waals surface area contributed by atoms with Crippen molar-refractivity contribution in [1.82, 2.24) is 5.43 Å². The molecular weight excluding hydrogens is 250 g/mol. The second-order valence-corrected chi connectivity index (χ2v) is 4.62. The van der Waals surface area contributed by atoms with Gasteiger partial charge in [0.2, 0.25) is 17.8 Å². The topological polar surface area (TPSA) is 45.0 Å². The lowest BCUT2D eigenvalue weighted by Gasteiger charge is -2.19. The molecular formula is C13H20ClN3O. The molecule has 1 aromatic heterocycles. The Balaban J connectivity index is 0.00000162. The van der Waals surface area contributed by atoms with Crippen molar-refractivity contribution in [1.29, 1.82) is 0 Å². The van der Waals surface area contributed by atoms with E-state index >= 15 is 0 Å². The van der Waals surface area contributed by atoms with E-state index in [1.54, 1.807) is 0 Å². The number of carbonyl (C=O) groups is 1. The molecule has 0 radical (unpaired) electrons. The van der Waals surface area contributed by atoms with Crippen LogP contribution in [0.25, 0.3) is 0 Å². The normalized spacial score (nSPS) is 15.6. The Morgan fingerprint density at radius 1 is 1.28 bits per heavy atom. The van der Waals surface area contributed by atoms with Gasteiger partial charge in [-0.25, -0.2) is 5.43 Å². The maximum Gasteiger partial charge on any atom is 0.239 e. The molecule has 0 aromatic carbocycles. The Morgan fingerprint density at radius 3 is 2.67 bits per heavy atom. The molecule has 0 unspecified atom stereocenters. The third-order valence-corrected chi connectivity index (χ3v) is 3.27. The number of hydrogen-bond acceptors (Lipinski definition) is 2. The highest BCUT2D eigenvalue weighted by molar-refractivity contribution is 5.72. The van der Waals surface area contributed by atoms with Gasteiger partial charge >= 0.3 is 0 Å². The predicted molar refractivity (Wildman–Crippen MR) is 65.6 cm³/mol. The zero-order chi connectivity index (χ0) is 12.1. The molecule has 0 spiro atoms. The molecule has 1 aromatic rings. The summed E-state index contributed by atoms with van der Waals surface area (Å²) in [5.41, 5.74) is 6.79. The predicted octanol–water partition coefficient (Wildman–Crippen LogP) is -1.38. The minimum Gasteiger partial charge on any atom is -1.00 e. The van der Waals surface area contributed by atoms with Crippen LogP contribution in [0.5, 0.6) is 0 Å². The summed E-state index contributed by atoms with van der Waals surface area (Å²) in [5, 5.41) is 0. The van der Waals surface area contributed by atoms with Gasteiger partial charge in [-0.1, -0.05) is 29.5 Å². The highest BCUT2D eigenvalue weighted by atomic mass is 35.5. The number of halogens is 1. The fourth-order valence-corrected chi connectivity index (χ4v) is 2.43. The number of nitrogens with zero attached hydrogens (tertiary/aromatic N) is 1. The minimum atomic E-state index is -0.0871. The van der Waals surface area contributed by atoms with E-state index in [0.29, 0.717) is 5.92 Å². The van der Waals surface area contributed by atoms with Crippen LogP contribution in [0.3, 0.4) is 0 Å². The number of hydrazine groups is 1. The lowest BCUT2D eigenvalue weighted by atomic mass is 9.86. The maximum absolute atomic E-state index is 10.9. The van der Waals surface area contributed by atoms with Crippen molar-refractivity contribution in [2.45, 2.75) is 44.9 Å². The van der Waals surface area contributed by atoms with Gasteiger partial charge in [0, 0.05) is 25.0 Å². The number of carbonyl (C=O) groups excluding carboxylic acids is 1. The van der Waals surface area contributed by atoms with Crippen LogP contribution < -0.4 is 28.0 Å².